The molecule has 0 saturated heterocycles. The molecule has 0 aromatic heterocycles. The number of rotatable bonds is 7. The van der Waals surface area contributed by atoms with Crippen LogP contribution in [0.15, 0.2) is 24.3 Å². The molecule has 0 aliphatic heterocycles. The summed E-state index contributed by atoms with van der Waals surface area (Å²) >= 11 is 0. The van der Waals surface area contributed by atoms with E-state index in [0.29, 0.717) is 6.42 Å². The van der Waals surface area contributed by atoms with Crippen molar-refractivity contribution in [2.75, 3.05) is 0 Å². The fourth-order valence-electron chi connectivity index (χ4n) is 2.36. The lowest BCUT2D eigenvalue weighted by atomic mass is 9.90. The van der Waals surface area contributed by atoms with Crippen LogP contribution in [-0.2, 0) is 12.8 Å². The van der Waals surface area contributed by atoms with Gasteiger partial charge in [-0.15, -0.1) is 0 Å². The van der Waals surface area contributed by atoms with Crippen molar-refractivity contribution >= 4 is 0 Å². The molecule has 18 heavy (non-hydrogen) atoms. The summed E-state index contributed by atoms with van der Waals surface area (Å²) < 4.78 is 0. The quantitative estimate of drug-likeness (QED) is 0.781. The third-order valence-corrected chi connectivity index (χ3v) is 3.80. The van der Waals surface area contributed by atoms with Gasteiger partial charge in [0.25, 0.3) is 0 Å². The van der Waals surface area contributed by atoms with E-state index in [4.69, 9.17) is 0 Å². The molecular weight excluding hydrogens is 224 g/mol. The van der Waals surface area contributed by atoms with Gasteiger partial charge in [-0.2, -0.15) is 0 Å². The van der Waals surface area contributed by atoms with Gasteiger partial charge in [0.1, 0.15) is 0 Å². The van der Waals surface area contributed by atoms with Gasteiger partial charge in [0.2, 0.25) is 0 Å². The number of benzene rings is 1. The van der Waals surface area contributed by atoms with Crippen LogP contribution in [0.3, 0.4) is 0 Å². The molecule has 102 valence electrons. The van der Waals surface area contributed by atoms with Gasteiger partial charge >= 0.3 is 0 Å². The second-order valence-corrected chi connectivity index (χ2v) is 5.01. The van der Waals surface area contributed by atoms with Gasteiger partial charge < -0.3 is 10.2 Å². The summed E-state index contributed by atoms with van der Waals surface area (Å²) in [6.45, 7) is 6.24. The van der Waals surface area contributed by atoms with Crippen LogP contribution in [0.5, 0.6) is 0 Å². The van der Waals surface area contributed by atoms with Gasteiger partial charge in [0.15, 0.2) is 0 Å². The van der Waals surface area contributed by atoms with Crippen LogP contribution >= 0.6 is 0 Å². The molecule has 0 bridgehead atoms. The Morgan fingerprint density at radius 3 is 1.83 bits per heavy atom. The highest BCUT2D eigenvalue weighted by molar-refractivity contribution is 5.23. The number of aliphatic hydroxyl groups excluding tert-OH is 2. The summed E-state index contributed by atoms with van der Waals surface area (Å²) in [5, 5.41) is 20.2. The minimum atomic E-state index is -0.664. The SMILES string of the molecule is CCc1ccc(CC(O)C(O)C(CC)CC)cc1. The van der Waals surface area contributed by atoms with Crippen molar-refractivity contribution in [3.8, 4) is 0 Å². The van der Waals surface area contributed by atoms with Crippen molar-refractivity contribution in [1.29, 1.82) is 0 Å². The van der Waals surface area contributed by atoms with Gasteiger partial charge in [0, 0.05) is 6.42 Å². The Balaban J connectivity index is 2.59. The molecule has 0 radical (unpaired) electrons. The predicted molar refractivity (Wildman–Crippen MR) is 75.6 cm³/mol. The molecule has 0 spiro atoms. The van der Waals surface area contributed by atoms with E-state index in [1.807, 2.05) is 12.1 Å². The van der Waals surface area contributed by atoms with E-state index in [1.165, 1.54) is 5.56 Å². The summed E-state index contributed by atoms with van der Waals surface area (Å²) in [4.78, 5) is 0. The van der Waals surface area contributed by atoms with E-state index in [-0.39, 0.29) is 5.92 Å². The van der Waals surface area contributed by atoms with Crippen LogP contribution in [0.25, 0.3) is 0 Å². The van der Waals surface area contributed by atoms with E-state index in [9.17, 15) is 10.2 Å². The molecule has 2 unspecified atom stereocenters. The average Bonchev–Trinajstić information content (AvgIpc) is 2.40. The summed E-state index contributed by atoms with van der Waals surface area (Å²) in [5.74, 6) is 0.190. The molecule has 2 N–H and O–H groups in total. The summed E-state index contributed by atoms with van der Waals surface area (Å²) in [7, 11) is 0. The predicted octanol–water partition coefficient (Wildman–Crippen LogP) is 2.95. The van der Waals surface area contributed by atoms with Crippen LogP contribution in [-0.4, -0.2) is 22.4 Å². The van der Waals surface area contributed by atoms with Crippen LogP contribution in [0.1, 0.15) is 44.7 Å². The minimum absolute atomic E-state index is 0.190. The lowest BCUT2D eigenvalue weighted by Gasteiger charge is -2.25. The fourth-order valence-corrected chi connectivity index (χ4v) is 2.36. The molecule has 2 atom stereocenters. The van der Waals surface area contributed by atoms with Gasteiger partial charge in [-0.25, -0.2) is 0 Å². The average molecular weight is 250 g/mol. The van der Waals surface area contributed by atoms with E-state index < -0.39 is 12.2 Å². The van der Waals surface area contributed by atoms with Crippen molar-refractivity contribution in [3.63, 3.8) is 0 Å². The molecule has 1 rings (SSSR count). The lowest BCUT2D eigenvalue weighted by Crippen LogP contribution is -2.34. The number of aryl methyl sites for hydroxylation is 1. The van der Waals surface area contributed by atoms with Gasteiger partial charge in [-0.1, -0.05) is 57.9 Å². The highest BCUT2D eigenvalue weighted by Crippen LogP contribution is 2.18. The Hall–Kier alpha value is -0.860. The van der Waals surface area contributed by atoms with E-state index >= 15 is 0 Å². The fraction of sp³-hybridized carbons (Fsp3) is 0.625. The first-order valence-corrected chi connectivity index (χ1v) is 7.06. The molecule has 0 fully saturated rings. The largest absolute Gasteiger partial charge is 0.390 e. The molecule has 2 nitrogen and oxygen atoms in total. The Labute approximate surface area is 111 Å². The van der Waals surface area contributed by atoms with Crippen molar-refractivity contribution in [1.82, 2.24) is 0 Å². The lowest BCUT2D eigenvalue weighted by molar-refractivity contribution is -0.0187. The molecule has 0 saturated carbocycles. The topological polar surface area (TPSA) is 40.5 Å². The molecule has 0 aliphatic carbocycles. The monoisotopic (exact) mass is 250 g/mol. The first-order valence-electron chi connectivity index (χ1n) is 7.06. The normalized spacial score (nSPS) is 14.8. The zero-order chi connectivity index (χ0) is 13.5. The van der Waals surface area contributed by atoms with E-state index in [1.54, 1.807) is 0 Å². The Morgan fingerprint density at radius 1 is 0.889 bits per heavy atom. The van der Waals surface area contributed by atoms with Crippen LogP contribution in [0.2, 0.25) is 0 Å². The molecule has 1 aromatic carbocycles. The van der Waals surface area contributed by atoms with Crippen LogP contribution in [0.4, 0.5) is 0 Å². The zero-order valence-electron chi connectivity index (χ0n) is 11.8. The summed E-state index contributed by atoms with van der Waals surface area (Å²) in [6.07, 6.45) is 2.08. The van der Waals surface area contributed by atoms with E-state index in [0.717, 1.165) is 24.8 Å². The first kappa shape index (κ1) is 15.2. The summed E-state index contributed by atoms with van der Waals surface area (Å²) in [5.41, 5.74) is 2.39. The molecule has 1 aromatic rings. The zero-order valence-corrected chi connectivity index (χ0v) is 11.8. The first-order chi connectivity index (χ1) is 8.62. The minimum Gasteiger partial charge on any atom is -0.390 e. The summed E-state index contributed by atoms with van der Waals surface area (Å²) in [6, 6.07) is 8.26. The van der Waals surface area contributed by atoms with Crippen molar-refractivity contribution in [3.05, 3.63) is 35.4 Å². The Kier molecular flexibility index (Phi) is 6.37. The van der Waals surface area contributed by atoms with E-state index in [2.05, 4.69) is 32.9 Å². The van der Waals surface area contributed by atoms with Crippen molar-refractivity contribution in [2.24, 2.45) is 5.92 Å². The van der Waals surface area contributed by atoms with Crippen LogP contribution in [0, 0.1) is 5.92 Å². The van der Waals surface area contributed by atoms with Crippen molar-refractivity contribution in [2.45, 2.75) is 58.7 Å². The third kappa shape index (κ3) is 4.11. The van der Waals surface area contributed by atoms with Gasteiger partial charge in [-0.3, -0.25) is 0 Å². The smallest absolute Gasteiger partial charge is 0.0842 e. The molecular formula is C16H26O2. The Bertz CT molecular complexity index is 327. The van der Waals surface area contributed by atoms with Crippen molar-refractivity contribution < 1.29 is 10.2 Å². The van der Waals surface area contributed by atoms with Gasteiger partial charge in [-0.05, 0) is 23.5 Å². The maximum atomic E-state index is 10.1. The number of hydrogen-bond acceptors (Lipinski definition) is 2. The second-order valence-electron chi connectivity index (χ2n) is 5.01. The number of aliphatic hydroxyl groups is 2. The molecule has 0 amide bonds. The van der Waals surface area contributed by atoms with Gasteiger partial charge in [0.05, 0.1) is 12.2 Å². The maximum Gasteiger partial charge on any atom is 0.0842 e. The maximum absolute atomic E-state index is 10.1. The molecule has 0 heterocycles. The highest BCUT2D eigenvalue weighted by Gasteiger charge is 2.23. The third-order valence-electron chi connectivity index (χ3n) is 3.80. The Morgan fingerprint density at radius 2 is 1.39 bits per heavy atom. The second kappa shape index (κ2) is 7.55. The standard InChI is InChI=1S/C16H26O2/c1-4-12-7-9-13(10-8-12)11-15(17)16(18)14(5-2)6-3/h7-10,14-18H,4-6,11H2,1-3H3. The number of hydrogen-bond donors (Lipinski definition) is 2. The molecule has 0 aliphatic rings. The molecule has 2 heteroatoms. The van der Waals surface area contributed by atoms with Crippen LogP contribution < -0.4 is 0 Å². The highest BCUT2D eigenvalue weighted by atomic mass is 16.3.